The van der Waals surface area contributed by atoms with E-state index in [1.165, 1.54) is 12.1 Å². The molecule has 1 atom stereocenters. The molecule has 1 aliphatic rings. The average molecular weight is 320 g/mol. The Labute approximate surface area is 129 Å². The second kappa shape index (κ2) is 5.94. The van der Waals surface area contributed by atoms with Gasteiger partial charge in [-0.3, -0.25) is 4.98 Å². The Morgan fingerprint density at radius 3 is 2.64 bits per heavy atom. The molecule has 2 aromatic rings. The molecule has 3 rings (SSSR count). The molecule has 0 aliphatic carbocycles. The van der Waals surface area contributed by atoms with Crippen LogP contribution in [0.2, 0.25) is 0 Å². The Morgan fingerprint density at radius 2 is 1.91 bits per heavy atom. The molecule has 0 amide bonds. The molecule has 1 N–H and O–H groups in total. The maximum Gasteiger partial charge on any atom is 0.241 e. The fourth-order valence-corrected chi connectivity index (χ4v) is 3.42. The van der Waals surface area contributed by atoms with Gasteiger partial charge in [-0.1, -0.05) is 6.07 Å². The molecule has 1 aromatic carbocycles. The summed E-state index contributed by atoms with van der Waals surface area (Å²) in [5.74, 6) is 1.00. The molecule has 2 heterocycles. The van der Waals surface area contributed by atoms with Crippen LogP contribution in [0.5, 0.6) is 11.5 Å². The molecule has 0 fully saturated rings. The van der Waals surface area contributed by atoms with Gasteiger partial charge in [0.1, 0.15) is 13.2 Å². The number of nitrogens with zero attached hydrogens (tertiary/aromatic N) is 1. The van der Waals surface area contributed by atoms with Crippen molar-refractivity contribution < 1.29 is 17.9 Å². The summed E-state index contributed by atoms with van der Waals surface area (Å²) in [5, 5.41) is 0. The van der Waals surface area contributed by atoms with Gasteiger partial charge in [0.05, 0.1) is 16.6 Å². The Bertz CT molecular complexity index is 762. The fourth-order valence-electron chi connectivity index (χ4n) is 2.18. The Morgan fingerprint density at radius 1 is 1.14 bits per heavy atom. The molecule has 0 saturated heterocycles. The molecule has 0 radical (unpaired) electrons. The third kappa shape index (κ3) is 3.05. The van der Waals surface area contributed by atoms with E-state index in [0.717, 1.165) is 0 Å². The molecule has 0 bridgehead atoms. The summed E-state index contributed by atoms with van der Waals surface area (Å²) >= 11 is 0. The van der Waals surface area contributed by atoms with Gasteiger partial charge < -0.3 is 9.47 Å². The Balaban J connectivity index is 1.84. The number of pyridine rings is 1. The smallest absolute Gasteiger partial charge is 0.241 e. The topological polar surface area (TPSA) is 77.5 Å². The normalized spacial score (nSPS) is 15.3. The molecular formula is C15H16N2O4S. The van der Waals surface area contributed by atoms with Crippen molar-refractivity contribution in [3.8, 4) is 11.5 Å². The summed E-state index contributed by atoms with van der Waals surface area (Å²) in [5.41, 5.74) is 0.656. The molecule has 1 aromatic heterocycles. The lowest BCUT2D eigenvalue weighted by molar-refractivity contribution is 0.171. The average Bonchev–Trinajstić information content (AvgIpc) is 2.55. The number of benzene rings is 1. The minimum Gasteiger partial charge on any atom is -0.486 e. The van der Waals surface area contributed by atoms with Crippen LogP contribution in [0, 0.1) is 0 Å². The van der Waals surface area contributed by atoms with Crippen molar-refractivity contribution in [2.75, 3.05) is 13.2 Å². The quantitative estimate of drug-likeness (QED) is 0.931. The summed E-state index contributed by atoms with van der Waals surface area (Å²) in [6.07, 6.45) is 1.63. The number of ether oxygens (including phenoxy) is 2. The zero-order valence-electron chi connectivity index (χ0n) is 12.0. The molecule has 1 aliphatic heterocycles. The van der Waals surface area contributed by atoms with E-state index in [2.05, 4.69) is 9.71 Å². The van der Waals surface area contributed by atoms with E-state index in [9.17, 15) is 8.42 Å². The molecule has 0 unspecified atom stereocenters. The van der Waals surface area contributed by atoms with Gasteiger partial charge in [0.15, 0.2) is 11.5 Å². The van der Waals surface area contributed by atoms with Crippen LogP contribution in [0.3, 0.4) is 0 Å². The third-order valence-electron chi connectivity index (χ3n) is 3.29. The van der Waals surface area contributed by atoms with Crippen molar-refractivity contribution in [3.63, 3.8) is 0 Å². The minimum atomic E-state index is -3.67. The maximum absolute atomic E-state index is 12.5. The van der Waals surface area contributed by atoms with Crippen molar-refractivity contribution in [1.29, 1.82) is 0 Å². The number of rotatable bonds is 4. The first-order valence-electron chi connectivity index (χ1n) is 6.89. The van der Waals surface area contributed by atoms with Gasteiger partial charge >= 0.3 is 0 Å². The number of aromatic nitrogens is 1. The fraction of sp³-hybridized carbons (Fsp3) is 0.267. The predicted octanol–water partition coefficient (Wildman–Crippen LogP) is 1.89. The van der Waals surface area contributed by atoms with Crippen LogP contribution in [0.25, 0.3) is 0 Å². The van der Waals surface area contributed by atoms with Crippen molar-refractivity contribution >= 4 is 10.0 Å². The monoisotopic (exact) mass is 320 g/mol. The summed E-state index contributed by atoms with van der Waals surface area (Å²) < 4.78 is 38.4. The highest BCUT2D eigenvalue weighted by molar-refractivity contribution is 7.89. The van der Waals surface area contributed by atoms with Crippen LogP contribution in [-0.4, -0.2) is 26.6 Å². The van der Waals surface area contributed by atoms with Crippen LogP contribution in [0.4, 0.5) is 0 Å². The lowest BCUT2D eigenvalue weighted by atomic mass is 10.2. The zero-order chi connectivity index (χ0) is 15.6. The Hall–Kier alpha value is -2.12. The first kappa shape index (κ1) is 14.8. The molecule has 116 valence electrons. The SMILES string of the molecule is C[C@@H](NS(=O)(=O)c1ccc2c(c1)OCCO2)c1ccccn1. The van der Waals surface area contributed by atoms with E-state index in [1.807, 2.05) is 6.07 Å². The number of hydrogen-bond acceptors (Lipinski definition) is 5. The molecule has 22 heavy (non-hydrogen) atoms. The maximum atomic E-state index is 12.5. The van der Waals surface area contributed by atoms with Crippen LogP contribution < -0.4 is 14.2 Å². The third-order valence-corrected chi connectivity index (χ3v) is 4.83. The lowest BCUT2D eigenvalue weighted by Crippen LogP contribution is -2.27. The van der Waals surface area contributed by atoms with E-state index >= 15 is 0 Å². The van der Waals surface area contributed by atoms with Gasteiger partial charge in [-0.05, 0) is 31.2 Å². The zero-order valence-corrected chi connectivity index (χ0v) is 12.8. The number of fused-ring (bicyclic) bond motifs is 1. The van der Waals surface area contributed by atoms with Crippen molar-refractivity contribution in [2.24, 2.45) is 0 Å². The first-order chi connectivity index (χ1) is 10.6. The summed E-state index contributed by atoms with van der Waals surface area (Å²) in [6, 6.07) is 9.52. The number of nitrogens with one attached hydrogen (secondary N) is 1. The second-order valence-corrected chi connectivity index (χ2v) is 6.62. The van der Waals surface area contributed by atoms with Crippen LogP contribution in [-0.2, 0) is 10.0 Å². The standard InChI is InChI=1S/C15H16N2O4S/c1-11(13-4-2-3-7-16-13)17-22(18,19)12-5-6-14-15(10-12)21-9-8-20-14/h2-7,10-11,17H,8-9H2,1H3/t11-/m1/s1. The van der Waals surface area contributed by atoms with Crippen LogP contribution in [0.15, 0.2) is 47.5 Å². The Kier molecular flexibility index (Phi) is 4.00. The van der Waals surface area contributed by atoms with E-state index in [0.29, 0.717) is 30.4 Å². The largest absolute Gasteiger partial charge is 0.486 e. The van der Waals surface area contributed by atoms with E-state index in [1.54, 1.807) is 31.3 Å². The predicted molar refractivity (Wildman–Crippen MR) is 80.4 cm³/mol. The van der Waals surface area contributed by atoms with Crippen LogP contribution >= 0.6 is 0 Å². The molecule has 0 spiro atoms. The summed E-state index contributed by atoms with van der Waals surface area (Å²) in [7, 11) is -3.67. The lowest BCUT2D eigenvalue weighted by Gasteiger charge is -2.19. The molecule has 0 saturated carbocycles. The molecule has 7 heteroatoms. The van der Waals surface area contributed by atoms with E-state index in [-0.39, 0.29) is 4.90 Å². The van der Waals surface area contributed by atoms with Gasteiger partial charge in [0.2, 0.25) is 10.0 Å². The number of hydrogen-bond donors (Lipinski definition) is 1. The van der Waals surface area contributed by atoms with Gasteiger partial charge in [-0.2, -0.15) is 0 Å². The second-order valence-electron chi connectivity index (χ2n) is 4.90. The van der Waals surface area contributed by atoms with Crippen molar-refractivity contribution in [1.82, 2.24) is 9.71 Å². The summed E-state index contributed by atoms with van der Waals surface area (Å²) in [6.45, 7) is 2.63. The summed E-state index contributed by atoms with van der Waals surface area (Å²) in [4.78, 5) is 4.29. The molecule has 6 nitrogen and oxygen atoms in total. The highest BCUT2D eigenvalue weighted by Crippen LogP contribution is 2.32. The highest BCUT2D eigenvalue weighted by atomic mass is 32.2. The van der Waals surface area contributed by atoms with Crippen molar-refractivity contribution in [3.05, 3.63) is 48.3 Å². The molecular weight excluding hydrogens is 304 g/mol. The van der Waals surface area contributed by atoms with Crippen LogP contribution in [0.1, 0.15) is 18.7 Å². The van der Waals surface area contributed by atoms with Gasteiger partial charge in [0, 0.05) is 12.3 Å². The van der Waals surface area contributed by atoms with Gasteiger partial charge in [-0.15, -0.1) is 0 Å². The van der Waals surface area contributed by atoms with E-state index < -0.39 is 16.1 Å². The van der Waals surface area contributed by atoms with E-state index in [4.69, 9.17) is 9.47 Å². The first-order valence-corrected chi connectivity index (χ1v) is 8.37. The number of sulfonamides is 1. The highest BCUT2D eigenvalue weighted by Gasteiger charge is 2.22. The van der Waals surface area contributed by atoms with Gasteiger partial charge in [0.25, 0.3) is 0 Å². The minimum absolute atomic E-state index is 0.138. The van der Waals surface area contributed by atoms with Crippen molar-refractivity contribution in [2.45, 2.75) is 17.9 Å². The van der Waals surface area contributed by atoms with Gasteiger partial charge in [-0.25, -0.2) is 13.1 Å².